The van der Waals surface area contributed by atoms with E-state index < -0.39 is 0 Å². The summed E-state index contributed by atoms with van der Waals surface area (Å²) in [4.78, 5) is 4.97. The molecule has 0 fully saturated rings. The monoisotopic (exact) mass is 962 g/mol. The Kier molecular flexibility index (Phi) is 10.1. The van der Waals surface area contributed by atoms with E-state index in [0.717, 1.165) is 28.3 Å². The molecule has 0 amide bonds. The number of para-hydroxylation sites is 4. The molecule has 0 aliphatic heterocycles. The molecule has 4 aromatic heterocycles. The predicted octanol–water partition coefficient (Wildman–Crippen LogP) is 20.0. The van der Waals surface area contributed by atoms with Crippen molar-refractivity contribution in [3.63, 3.8) is 0 Å². The summed E-state index contributed by atoms with van der Waals surface area (Å²) in [6.45, 7) is 15.3. The molecular formula is C71H54N4. The summed E-state index contributed by atoms with van der Waals surface area (Å²) in [5, 5.41) is 9.74. The molecule has 0 atom stereocenters. The smallest absolute Gasteiger partial charge is 0.0642 e. The second kappa shape index (κ2) is 17.1. The van der Waals surface area contributed by atoms with E-state index in [9.17, 15) is 0 Å². The zero-order chi connectivity index (χ0) is 50.6. The molecule has 0 saturated carbocycles. The summed E-state index contributed by atoms with van der Waals surface area (Å²) >= 11 is 0. The Labute approximate surface area is 436 Å². The van der Waals surface area contributed by atoms with E-state index in [-0.39, 0.29) is 0 Å². The van der Waals surface area contributed by atoms with Gasteiger partial charge in [0.05, 0.1) is 44.5 Å². The van der Waals surface area contributed by atoms with Gasteiger partial charge in [-0.2, -0.15) is 0 Å². The van der Waals surface area contributed by atoms with Crippen LogP contribution in [0, 0.1) is 27.7 Å². The van der Waals surface area contributed by atoms with Crippen LogP contribution in [0.1, 0.15) is 34.7 Å². The predicted molar refractivity (Wildman–Crippen MR) is 322 cm³/mol. The number of anilines is 6. The van der Waals surface area contributed by atoms with Crippen LogP contribution in [0.25, 0.3) is 92.9 Å². The van der Waals surface area contributed by atoms with Gasteiger partial charge in [0, 0.05) is 77.0 Å². The summed E-state index contributed by atoms with van der Waals surface area (Å²) < 4.78 is 5.23. The van der Waals surface area contributed by atoms with Gasteiger partial charge < -0.3 is 18.6 Å². The van der Waals surface area contributed by atoms with Crippen LogP contribution in [0.5, 0.6) is 0 Å². The topological polar surface area (TPSA) is 15.3 Å². The molecule has 10 aromatic carbocycles. The van der Waals surface area contributed by atoms with Crippen LogP contribution in [-0.2, 0) is 0 Å². The lowest BCUT2D eigenvalue weighted by molar-refractivity contribution is 1.25. The highest BCUT2D eigenvalue weighted by Gasteiger charge is 2.33. The van der Waals surface area contributed by atoms with Gasteiger partial charge in [0.2, 0.25) is 0 Å². The Morgan fingerprint density at radius 3 is 1.40 bits per heavy atom. The number of hydrogen-bond acceptors (Lipinski definition) is 2. The van der Waals surface area contributed by atoms with E-state index in [4.69, 9.17) is 0 Å². The SMILES string of the molecule is C=C/C=C(\C=C/C)c1c2c3ccc(N(c4ccccc4)c4cc(C)ccc4C)c4c5ccccc5n(c2c(-c2ccccc2)c2c5ccc(N(c6ccccc6)c6cc(C)ccc6C)c6c7ccccc7n(c12)c56)c34. The molecule has 4 heteroatoms. The minimum atomic E-state index is 1.11. The van der Waals surface area contributed by atoms with E-state index in [1.165, 1.54) is 127 Å². The molecule has 75 heavy (non-hydrogen) atoms. The van der Waals surface area contributed by atoms with E-state index in [0.29, 0.717) is 0 Å². The van der Waals surface area contributed by atoms with Crippen LogP contribution in [0.2, 0.25) is 0 Å². The second-order valence-electron chi connectivity index (χ2n) is 20.3. The summed E-state index contributed by atoms with van der Waals surface area (Å²) in [6.07, 6.45) is 8.62. The molecule has 4 nitrogen and oxygen atoms in total. The van der Waals surface area contributed by atoms with Gasteiger partial charge >= 0.3 is 0 Å². The van der Waals surface area contributed by atoms with Crippen molar-refractivity contribution in [3.05, 3.63) is 259 Å². The first-order valence-corrected chi connectivity index (χ1v) is 26.1. The lowest BCUT2D eigenvalue weighted by Crippen LogP contribution is -2.12. The van der Waals surface area contributed by atoms with Gasteiger partial charge in [-0.15, -0.1) is 0 Å². The molecule has 0 aliphatic rings. The molecule has 358 valence electrons. The normalized spacial score (nSPS) is 12.4. The van der Waals surface area contributed by atoms with Gasteiger partial charge in [0.15, 0.2) is 0 Å². The van der Waals surface area contributed by atoms with E-state index in [1.807, 2.05) is 6.08 Å². The maximum atomic E-state index is 4.36. The standard InChI is InChI=1S/C71H54N4/c1-7-22-48(23-8-2)62-66-54-38-40-58(72(50-26-14-10-15-27-50)60-42-44(3)34-36-46(60)5)64-53-31-19-21-33-57(53)75(68(54)64)71(66)63(49-24-12-9-13-25-49)67-55-39-41-59(65-52-30-18-20-32-56(52)74(69(55)65)70(62)67)73(51-28-16-11-17-29-51)61-43-45(4)35-37-47(61)6/h7-43H,1H2,2-6H3/b23-8-,48-22+. The van der Waals surface area contributed by atoms with Crippen LogP contribution in [0.15, 0.2) is 231 Å². The summed E-state index contributed by atoms with van der Waals surface area (Å²) in [5.74, 6) is 0. The lowest BCUT2D eigenvalue weighted by Gasteiger charge is -2.28. The molecule has 0 aliphatic carbocycles. The van der Waals surface area contributed by atoms with Crippen molar-refractivity contribution in [3.8, 4) is 11.1 Å². The Morgan fingerprint density at radius 1 is 0.427 bits per heavy atom. The molecule has 4 heterocycles. The quantitative estimate of drug-likeness (QED) is 0.127. The molecular weight excluding hydrogens is 909 g/mol. The van der Waals surface area contributed by atoms with Gasteiger partial charge in [-0.05, 0) is 129 Å². The maximum Gasteiger partial charge on any atom is 0.0642 e. The van der Waals surface area contributed by atoms with Crippen molar-refractivity contribution in [1.82, 2.24) is 8.80 Å². The van der Waals surface area contributed by atoms with Gasteiger partial charge in [0.25, 0.3) is 0 Å². The fourth-order valence-electron chi connectivity index (χ4n) is 12.7. The molecule has 0 spiro atoms. The van der Waals surface area contributed by atoms with Gasteiger partial charge in [-0.1, -0.05) is 170 Å². The fourth-order valence-corrected chi connectivity index (χ4v) is 12.7. The highest BCUT2D eigenvalue weighted by molar-refractivity contribution is 6.38. The summed E-state index contributed by atoms with van der Waals surface area (Å²) in [5.41, 5.74) is 23.5. The maximum absolute atomic E-state index is 4.36. The summed E-state index contributed by atoms with van der Waals surface area (Å²) in [6, 6.07) is 74.2. The van der Waals surface area contributed by atoms with E-state index in [1.54, 1.807) is 0 Å². The molecule has 0 bridgehead atoms. The number of hydrogen-bond donors (Lipinski definition) is 0. The van der Waals surface area contributed by atoms with Crippen LogP contribution in [0.3, 0.4) is 0 Å². The zero-order valence-corrected chi connectivity index (χ0v) is 42.9. The second-order valence-corrected chi connectivity index (χ2v) is 20.3. The van der Waals surface area contributed by atoms with Gasteiger partial charge in [-0.3, -0.25) is 0 Å². The Hall–Kier alpha value is -9.38. The van der Waals surface area contributed by atoms with Crippen LogP contribution < -0.4 is 9.80 Å². The average molecular weight is 963 g/mol. The van der Waals surface area contributed by atoms with Crippen LogP contribution in [-0.4, -0.2) is 8.80 Å². The number of benzene rings is 10. The lowest BCUT2D eigenvalue weighted by atomic mass is 9.88. The van der Waals surface area contributed by atoms with Gasteiger partial charge in [-0.25, -0.2) is 0 Å². The van der Waals surface area contributed by atoms with Crippen molar-refractivity contribution < 1.29 is 0 Å². The first-order chi connectivity index (χ1) is 36.9. The largest absolute Gasteiger partial charge is 0.310 e. The Balaban J connectivity index is 1.23. The highest BCUT2D eigenvalue weighted by Crippen LogP contribution is 2.56. The molecule has 0 radical (unpaired) electrons. The number of fused-ring (bicyclic) bond motifs is 12. The first-order valence-electron chi connectivity index (χ1n) is 26.1. The minimum Gasteiger partial charge on any atom is -0.310 e. The zero-order valence-electron chi connectivity index (χ0n) is 42.9. The van der Waals surface area contributed by atoms with Crippen molar-refractivity contribution in [2.45, 2.75) is 34.6 Å². The number of allylic oxidation sites excluding steroid dienone is 5. The average Bonchev–Trinajstić information content (AvgIpc) is 4.34. The van der Waals surface area contributed by atoms with Crippen LogP contribution in [0.4, 0.5) is 34.1 Å². The Bertz CT molecular complexity index is 4550. The Morgan fingerprint density at radius 2 is 0.893 bits per heavy atom. The minimum absolute atomic E-state index is 1.11. The number of rotatable bonds is 10. The van der Waals surface area contributed by atoms with E-state index in [2.05, 4.69) is 278 Å². The number of aryl methyl sites for hydroxylation is 4. The molecule has 14 aromatic rings. The van der Waals surface area contributed by atoms with Crippen molar-refractivity contribution >= 4 is 116 Å². The molecule has 14 rings (SSSR count). The summed E-state index contributed by atoms with van der Waals surface area (Å²) in [7, 11) is 0. The molecule has 0 saturated heterocycles. The van der Waals surface area contributed by atoms with Gasteiger partial charge in [0.1, 0.15) is 0 Å². The number of nitrogens with zero attached hydrogens (tertiary/aromatic N) is 4. The fraction of sp³-hybridized carbons (Fsp3) is 0.0704. The van der Waals surface area contributed by atoms with Crippen LogP contribution >= 0.6 is 0 Å². The third-order valence-corrected chi connectivity index (χ3v) is 15.7. The third-order valence-electron chi connectivity index (χ3n) is 15.7. The first kappa shape index (κ1) is 44.3. The van der Waals surface area contributed by atoms with Crippen molar-refractivity contribution in [2.24, 2.45) is 0 Å². The van der Waals surface area contributed by atoms with Crippen molar-refractivity contribution in [1.29, 1.82) is 0 Å². The van der Waals surface area contributed by atoms with E-state index >= 15 is 0 Å². The third kappa shape index (κ3) is 6.42. The number of aromatic nitrogens is 2. The molecule has 0 N–H and O–H groups in total. The van der Waals surface area contributed by atoms with Crippen molar-refractivity contribution in [2.75, 3.05) is 9.80 Å². The molecule has 0 unspecified atom stereocenters. The highest BCUT2D eigenvalue weighted by atomic mass is 15.2.